The van der Waals surface area contributed by atoms with Crippen LogP contribution >= 0.6 is 22.6 Å². The van der Waals surface area contributed by atoms with Crippen LogP contribution in [0.25, 0.3) is 0 Å². The van der Waals surface area contributed by atoms with Crippen LogP contribution in [-0.2, 0) is 9.59 Å². The molecular weight excluding hydrogens is 445 g/mol. The maximum atomic E-state index is 13.0. The number of nitrogens with zero attached hydrogens (tertiary/aromatic N) is 1. The molecule has 0 radical (unpaired) electrons. The Balaban J connectivity index is 1.73. The second-order valence-electron chi connectivity index (χ2n) is 8.29. The van der Waals surface area contributed by atoms with Crippen LogP contribution in [0.3, 0.4) is 0 Å². The van der Waals surface area contributed by atoms with Crippen molar-refractivity contribution in [1.82, 2.24) is 10.2 Å². The van der Waals surface area contributed by atoms with Crippen LogP contribution in [0.15, 0.2) is 24.3 Å². The Labute approximate surface area is 167 Å². The van der Waals surface area contributed by atoms with Crippen LogP contribution in [0, 0.1) is 14.9 Å². The molecule has 2 N–H and O–H groups in total. The molecule has 2 unspecified atom stereocenters. The molecule has 1 aliphatic heterocycles. The van der Waals surface area contributed by atoms with Gasteiger partial charge in [0.2, 0.25) is 5.91 Å². The summed E-state index contributed by atoms with van der Waals surface area (Å²) in [5.41, 5.74) is -0.231. The summed E-state index contributed by atoms with van der Waals surface area (Å²) in [6.07, 6.45) is 2.24. The summed E-state index contributed by atoms with van der Waals surface area (Å²) in [6.45, 7) is 6.08. The highest BCUT2D eigenvalue weighted by Gasteiger charge is 2.56. The average molecular weight is 469 g/mol. The molecule has 1 aliphatic carbocycles. The number of rotatable bonds is 3. The first-order valence-corrected chi connectivity index (χ1v) is 9.88. The average Bonchev–Trinajstić information content (AvgIpc) is 2.71. The van der Waals surface area contributed by atoms with E-state index < -0.39 is 11.6 Å². The van der Waals surface area contributed by atoms with Gasteiger partial charge in [-0.25, -0.2) is 4.79 Å². The number of nitrogens with one attached hydrogen (secondary N) is 2. The topological polar surface area (TPSA) is 78.5 Å². The van der Waals surface area contributed by atoms with Gasteiger partial charge in [-0.15, -0.1) is 0 Å². The third-order valence-corrected chi connectivity index (χ3v) is 6.01. The normalized spacial score (nSPS) is 27.5. The first-order valence-electron chi connectivity index (χ1n) is 8.80. The number of hydrogen-bond donors (Lipinski definition) is 2. The standard InChI is InChI=1S/C19H24IN3O3/c1-12-8-18(2,3)11-19(9-12)16(25)23(17(26)22-19)10-15(24)21-14-7-5-4-6-13(14)20/h4-7,12H,8-11H2,1-3H3,(H,21,24)(H,22,26). The van der Waals surface area contributed by atoms with Crippen molar-refractivity contribution >= 4 is 46.1 Å². The third kappa shape index (κ3) is 3.72. The molecule has 140 valence electrons. The first kappa shape index (κ1) is 19.1. The molecule has 26 heavy (non-hydrogen) atoms. The highest BCUT2D eigenvalue weighted by atomic mass is 127. The molecule has 4 amide bonds. The molecule has 3 rings (SSSR count). The Morgan fingerprint density at radius 3 is 2.65 bits per heavy atom. The smallest absolute Gasteiger partial charge is 0.324 e. The van der Waals surface area contributed by atoms with Crippen molar-refractivity contribution in [2.45, 2.75) is 45.6 Å². The van der Waals surface area contributed by atoms with Gasteiger partial charge in [0.25, 0.3) is 5.91 Å². The molecule has 1 saturated heterocycles. The van der Waals surface area contributed by atoms with Crippen LogP contribution < -0.4 is 10.6 Å². The Morgan fingerprint density at radius 1 is 1.31 bits per heavy atom. The molecule has 7 heteroatoms. The van der Waals surface area contributed by atoms with Gasteiger partial charge in [0.05, 0.1) is 5.69 Å². The zero-order valence-electron chi connectivity index (χ0n) is 15.3. The lowest BCUT2D eigenvalue weighted by atomic mass is 9.64. The Kier molecular flexibility index (Phi) is 5.02. The van der Waals surface area contributed by atoms with Gasteiger partial charge in [0.15, 0.2) is 0 Å². The van der Waals surface area contributed by atoms with E-state index in [0.29, 0.717) is 24.4 Å². The zero-order valence-corrected chi connectivity index (χ0v) is 17.4. The number of imide groups is 1. The van der Waals surface area contributed by atoms with Crippen molar-refractivity contribution in [2.75, 3.05) is 11.9 Å². The number of halogens is 1. The minimum absolute atomic E-state index is 0.0287. The van der Waals surface area contributed by atoms with Crippen LogP contribution in [0.2, 0.25) is 0 Å². The lowest BCUT2D eigenvalue weighted by Gasteiger charge is -2.43. The Morgan fingerprint density at radius 2 is 2.00 bits per heavy atom. The van der Waals surface area contributed by atoms with Gasteiger partial charge in [-0.1, -0.05) is 32.9 Å². The molecule has 2 atom stereocenters. The molecular formula is C19H24IN3O3. The summed E-state index contributed by atoms with van der Waals surface area (Å²) in [4.78, 5) is 38.9. The monoisotopic (exact) mass is 469 g/mol. The SMILES string of the molecule is CC1CC(C)(C)CC2(C1)NC(=O)N(CC(=O)Nc1ccccc1I)C2=O. The summed E-state index contributed by atoms with van der Waals surface area (Å²) in [5, 5.41) is 5.67. The van der Waals surface area contributed by atoms with E-state index >= 15 is 0 Å². The highest BCUT2D eigenvalue weighted by molar-refractivity contribution is 14.1. The van der Waals surface area contributed by atoms with Gasteiger partial charge in [-0.2, -0.15) is 0 Å². The predicted molar refractivity (Wildman–Crippen MR) is 108 cm³/mol. The summed E-state index contributed by atoms with van der Waals surface area (Å²) in [6, 6.07) is 6.90. The van der Waals surface area contributed by atoms with E-state index in [4.69, 9.17) is 0 Å². The van der Waals surface area contributed by atoms with Gasteiger partial charge in [0, 0.05) is 3.57 Å². The molecule has 6 nitrogen and oxygen atoms in total. The second-order valence-corrected chi connectivity index (χ2v) is 9.45. The van der Waals surface area contributed by atoms with Gasteiger partial charge >= 0.3 is 6.03 Å². The molecule has 1 spiro atoms. The molecule has 1 saturated carbocycles. The number of amides is 4. The van der Waals surface area contributed by atoms with Crippen molar-refractivity contribution < 1.29 is 14.4 Å². The number of carbonyl (C=O) groups excluding carboxylic acids is 3. The lowest BCUT2D eigenvalue weighted by molar-refractivity contribution is -0.136. The van der Waals surface area contributed by atoms with E-state index in [1.165, 1.54) is 0 Å². The third-order valence-electron chi connectivity index (χ3n) is 5.07. The van der Waals surface area contributed by atoms with Gasteiger partial charge in [-0.3, -0.25) is 14.5 Å². The molecule has 1 aromatic carbocycles. The number of hydrogen-bond acceptors (Lipinski definition) is 3. The number of anilines is 1. The molecule has 1 aromatic rings. The summed E-state index contributed by atoms with van der Waals surface area (Å²) in [7, 11) is 0. The number of urea groups is 1. The van der Waals surface area contributed by atoms with Crippen molar-refractivity contribution in [2.24, 2.45) is 11.3 Å². The van der Waals surface area contributed by atoms with E-state index in [1.807, 2.05) is 18.2 Å². The highest BCUT2D eigenvalue weighted by Crippen LogP contribution is 2.46. The summed E-state index contributed by atoms with van der Waals surface area (Å²) < 4.78 is 0.898. The predicted octanol–water partition coefficient (Wildman–Crippen LogP) is 3.37. The van der Waals surface area contributed by atoms with E-state index in [1.54, 1.807) is 6.07 Å². The first-order chi connectivity index (χ1) is 12.1. The fraction of sp³-hybridized carbons (Fsp3) is 0.526. The number of para-hydroxylation sites is 1. The van der Waals surface area contributed by atoms with Gasteiger partial charge in [-0.05, 0) is 65.3 Å². The quantitative estimate of drug-likeness (QED) is 0.527. The number of benzene rings is 1. The van der Waals surface area contributed by atoms with Crippen LogP contribution in [0.4, 0.5) is 10.5 Å². The largest absolute Gasteiger partial charge is 0.325 e. The second kappa shape index (κ2) is 6.83. The van der Waals surface area contributed by atoms with E-state index in [9.17, 15) is 14.4 Å². The summed E-state index contributed by atoms with van der Waals surface area (Å²) >= 11 is 2.13. The van der Waals surface area contributed by atoms with Crippen LogP contribution in [0.5, 0.6) is 0 Å². The van der Waals surface area contributed by atoms with Gasteiger partial charge < -0.3 is 10.6 Å². The lowest BCUT2D eigenvalue weighted by Crippen LogP contribution is -2.54. The fourth-order valence-electron chi connectivity index (χ4n) is 4.55. The maximum absolute atomic E-state index is 13.0. The van der Waals surface area contributed by atoms with Crippen molar-refractivity contribution in [3.05, 3.63) is 27.8 Å². The van der Waals surface area contributed by atoms with Crippen molar-refractivity contribution in [3.8, 4) is 0 Å². The van der Waals surface area contributed by atoms with Crippen molar-refractivity contribution in [3.63, 3.8) is 0 Å². The molecule has 1 heterocycles. The summed E-state index contributed by atoms with van der Waals surface area (Å²) in [5.74, 6) is -0.319. The zero-order chi connectivity index (χ0) is 19.1. The van der Waals surface area contributed by atoms with Gasteiger partial charge in [0.1, 0.15) is 12.1 Å². The minimum atomic E-state index is -0.875. The molecule has 0 aromatic heterocycles. The molecule has 2 fully saturated rings. The van der Waals surface area contributed by atoms with E-state index in [2.05, 4.69) is 54.0 Å². The fourth-order valence-corrected chi connectivity index (χ4v) is 5.07. The maximum Gasteiger partial charge on any atom is 0.325 e. The number of carbonyl (C=O) groups is 3. The van der Waals surface area contributed by atoms with E-state index in [-0.39, 0.29) is 23.8 Å². The molecule has 0 bridgehead atoms. The Hall–Kier alpha value is -1.64. The van der Waals surface area contributed by atoms with Crippen LogP contribution in [-0.4, -0.2) is 34.8 Å². The van der Waals surface area contributed by atoms with Crippen LogP contribution in [0.1, 0.15) is 40.0 Å². The molecule has 2 aliphatic rings. The van der Waals surface area contributed by atoms with E-state index in [0.717, 1.165) is 14.9 Å². The van der Waals surface area contributed by atoms with Crippen molar-refractivity contribution in [1.29, 1.82) is 0 Å². The Bertz CT molecular complexity index is 764. The minimum Gasteiger partial charge on any atom is -0.324 e.